The Balaban J connectivity index is 2.70. The van der Waals surface area contributed by atoms with E-state index in [-0.39, 0.29) is 12.1 Å². The van der Waals surface area contributed by atoms with Gasteiger partial charge in [-0.15, -0.1) is 11.8 Å². The molecule has 0 aliphatic rings. The van der Waals surface area contributed by atoms with Gasteiger partial charge in [0.25, 0.3) is 0 Å². The van der Waals surface area contributed by atoms with Crippen molar-refractivity contribution in [2.45, 2.75) is 38.3 Å². The summed E-state index contributed by atoms with van der Waals surface area (Å²) in [6.07, 6.45) is 2.02. The molecule has 5 heteroatoms. The molecule has 1 aromatic carbocycles. The number of amides is 2. The van der Waals surface area contributed by atoms with Crippen LogP contribution < -0.4 is 10.1 Å². The number of thioether (sulfide) groups is 1. The van der Waals surface area contributed by atoms with Gasteiger partial charge in [-0.25, -0.2) is 4.79 Å². The lowest BCUT2D eigenvalue weighted by Crippen LogP contribution is -2.43. The molecule has 118 valence electrons. The van der Waals surface area contributed by atoms with Crippen molar-refractivity contribution in [2.75, 3.05) is 20.4 Å². The number of methoxy groups -OCH3 is 1. The summed E-state index contributed by atoms with van der Waals surface area (Å²) >= 11 is 1.65. The first-order valence-corrected chi connectivity index (χ1v) is 8.34. The zero-order chi connectivity index (χ0) is 16.0. The number of carbonyl (C=O) groups is 1. The highest BCUT2D eigenvalue weighted by Crippen LogP contribution is 2.28. The monoisotopic (exact) mass is 310 g/mol. The molecule has 0 unspecified atom stereocenters. The van der Waals surface area contributed by atoms with Gasteiger partial charge >= 0.3 is 6.03 Å². The third-order valence-corrected chi connectivity index (χ3v) is 4.34. The highest BCUT2D eigenvalue weighted by atomic mass is 32.2. The van der Waals surface area contributed by atoms with Crippen molar-refractivity contribution in [1.82, 2.24) is 10.2 Å². The summed E-state index contributed by atoms with van der Waals surface area (Å²) in [5.41, 5.74) is 1.06. The summed E-state index contributed by atoms with van der Waals surface area (Å²) < 4.78 is 5.38. The van der Waals surface area contributed by atoms with Crippen LogP contribution in [-0.4, -0.2) is 37.4 Å². The number of hydrogen-bond acceptors (Lipinski definition) is 3. The van der Waals surface area contributed by atoms with Gasteiger partial charge in [0, 0.05) is 24.5 Å². The summed E-state index contributed by atoms with van der Waals surface area (Å²) in [6.45, 7) is 6.77. The molecule has 0 fully saturated rings. The lowest BCUT2D eigenvalue weighted by Gasteiger charge is -2.23. The molecule has 0 aliphatic carbocycles. The Morgan fingerprint density at radius 1 is 1.38 bits per heavy atom. The van der Waals surface area contributed by atoms with E-state index in [2.05, 4.69) is 19.2 Å². The molecule has 1 rings (SSSR count). The average Bonchev–Trinajstić information content (AvgIpc) is 2.46. The Labute approximate surface area is 132 Å². The fourth-order valence-corrected chi connectivity index (χ4v) is 2.34. The normalized spacial score (nSPS) is 12.1. The summed E-state index contributed by atoms with van der Waals surface area (Å²) in [6, 6.07) is 6.16. The van der Waals surface area contributed by atoms with E-state index in [1.54, 1.807) is 30.8 Å². The van der Waals surface area contributed by atoms with E-state index in [4.69, 9.17) is 4.74 Å². The summed E-state index contributed by atoms with van der Waals surface area (Å²) in [4.78, 5) is 14.9. The largest absolute Gasteiger partial charge is 0.496 e. The van der Waals surface area contributed by atoms with E-state index in [0.29, 0.717) is 12.5 Å². The highest BCUT2D eigenvalue weighted by molar-refractivity contribution is 7.98. The fraction of sp³-hybridized carbons (Fsp3) is 0.562. The summed E-state index contributed by atoms with van der Waals surface area (Å²) in [5, 5.41) is 3.00. The third-order valence-electron chi connectivity index (χ3n) is 3.57. The molecule has 1 aromatic rings. The van der Waals surface area contributed by atoms with Gasteiger partial charge in [0.1, 0.15) is 5.75 Å². The van der Waals surface area contributed by atoms with E-state index in [1.807, 2.05) is 31.4 Å². The number of benzene rings is 1. The van der Waals surface area contributed by atoms with E-state index in [0.717, 1.165) is 16.2 Å². The van der Waals surface area contributed by atoms with Crippen molar-refractivity contribution in [3.63, 3.8) is 0 Å². The number of hydrogen-bond donors (Lipinski definition) is 1. The number of ether oxygens (including phenoxy) is 1. The highest BCUT2D eigenvalue weighted by Gasteiger charge is 2.15. The van der Waals surface area contributed by atoms with E-state index < -0.39 is 0 Å². The standard InChI is InChI=1S/C16H26N2O2S/c1-11(2)12(3)17-16(19)18(4)10-13-7-8-15(21-6)14(9-13)20-5/h7-9,11-12H,10H2,1-6H3,(H,17,19)/t12-/m1/s1. The molecule has 1 N–H and O–H groups in total. The Hall–Kier alpha value is -1.36. The molecule has 0 aliphatic heterocycles. The molecule has 0 saturated heterocycles. The first-order valence-electron chi connectivity index (χ1n) is 7.11. The smallest absolute Gasteiger partial charge is 0.317 e. The zero-order valence-electron chi connectivity index (χ0n) is 13.8. The van der Waals surface area contributed by atoms with Crippen LogP contribution in [0.3, 0.4) is 0 Å². The Bertz CT molecular complexity index is 477. The van der Waals surface area contributed by atoms with Gasteiger partial charge in [-0.2, -0.15) is 0 Å². The van der Waals surface area contributed by atoms with Gasteiger partial charge in [0.2, 0.25) is 0 Å². The Morgan fingerprint density at radius 3 is 2.57 bits per heavy atom. The Morgan fingerprint density at radius 2 is 2.05 bits per heavy atom. The fourth-order valence-electron chi connectivity index (χ4n) is 1.80. The van der Waals surface area contributed by atoms with Crippen LogP contribution in [0.15, 0.2) is 23.1 Å². The van der Waals surface area contributed by atoms with Crippen LogP contribution >= 0.6 is 11.8 Å². The molecule has 21 heavy (non-hydrogen) atoms. The van der Waals surface area contributed by atoms with E-state index >= 15 is 0 Å². The Kier molecular flexibility index (Phi) is 6.89. The lowest BCUT2D eigenvalue weighted by atomic mass is 10.1. The maximum Gasteiger partial charge on any atom is 0.317 e. The number of nitrogens with zero attached hydrogens (tertiary/aromatic N) is 1. The van der Waals surface area contributed by atoms with Crippen LogP contribution in [0.1, 0.15) is 26.3 Å². The minimum atomic E-state index is -0.0518. The van der Waals surface area contributed by atoms with Crippen LogP contribution in [0.5, 0.6) is 5.75 Å². The van der Waals surface area contributed by atoms with Crippen molar-refractivity contribution in [3.8, 4) is 5.75 Å². The van der Waals surface area contributed by atoms with Crippen molar-refractivity contribution in [1.29, 1.82) is 0 Å². The first-order chi connectivity index (χ1) is 9.88. The second-order valence-electron chi connectivity index (χ2n) is 5.53. The molecule has 0 saturated carbocycles. The molecule has 1 atom stereocenters. The van der Waals surface area contributed by atoms with E-state index in [1.165, 1.54) is 0 Å². The number of carbonyl (C=O) groups excluding carboxylic acids is 1. The number of nitrogens with one attached hydrogen (secondary N) is 1. The topological polar surface area (TPSA) is 41.6 Å². The first kappa shape index (κ1) is 17.7. The molecule has 2 amide bonds. The van der Waals surface area contributed by atoms with Crippen LogP contribution in [0.2, 0.25) is 0 Å². The van der Waals surface area contributed by atoms with Crippen molar-refractivity contribution in [3.05, 3.63) is 23.8 Å². The minimum absolute atomic E-state index is 0.0518. The predicted octanol–water partition coefficient (Wildman–Crippen LogP) is 3.60. The molecule has 0 aromatic heterocycles. The average molecular weight is 310 g/mol. The molecule has 4 nitrogen and oxygen atoms in total. The van der Waals surface area contributed by atoms with E-state index in [9.17, 15) is 4.79 Å². The molecular formula is C16H26N2O2S. The summed E-state index contributed by atoms with van der Waals surface area (Å²) in [7, 11) is 3.47. The molecule has 0 bridgehead atoms. The molecule has 0 spiro atoms. The van der Waals surface area contributed by atoms with Crippen molar-refractivity contribution < 1.29 is 9.53 Å². The van der Waals surface area contributed by atoms with Crippen LogP contribution in [-0.2, 0) is 6.54 Å². The second kappa shape index (κ2) is 8.17. The number of urea groups is 1. The number of rotatable bonds is 6. The van der Waals surface area contributed by atoms with Gasteiger partial charge in [-0.05, 0) is 36.8 Å². The van der Waals surface area contributed by atoms with Gasteiger partial charge < -0.3 is 15.0 Å². The van der Waals surface area contributed by atoms with Gasteiger partial charge in [-0.1, -0.05) is 19.9 Å². The molecule has 0 radical (unpaired) electrons. The lowest BCUT2D eigenvalue weighted by molar-refractivity contribution is 0.200. The van der Waals surface area contributed by atoms with Crippen molar-refractivity contribution >= 4 is 17.8 Å². The van der Waals surface area contributed by atoms with Crippen LogP contribution in [0.25, 0.3) is 0 Å². The predicted molar refractivity (Wildman–Crippen MR) is 89.1 cm³/mol. The summed E-state index contributed by atoms with van der Waals surface area (Å²) in [5.74, 6) is 1.27. The van der Waals surface area contributed by atoms with Crippen molar-refractivity contribution in [2.24, 2.45) is 5.92 Å². The zero-order valence-corrected chi connectivity index (χ0v) is 14.6. The third kappa shape index (κ3) is 5.16. The maximum atomic E-state index is 12.1. The maximum absolute atomic E-state index is 12.1. The molecule has 0 heterocycles. The second-order valence-corrected chi connectivity index (χ2v) is 6.38. The van der Waals surface area contributed by atoms with Crippen LogP contribution in [0, 0.1) is 5.92 Å². The SMILES string of the molecule is COc1cc(CN(C)C(=O)N[C@H](C)C(C)C)ccc1SC. The minimum Gasteiger partial charge on any atom is -0.496 e. The molecular weight excluding hydrogens is 284 g/mol. The quantitative estimate of drug-likeness (QED) is 0.816. The van der Waals surface area contributed by atoms with Gasteiger partial charge in [0.05, 0.1) is 7.11 Å². The van der Waals surface area contributed by atoms with Gasteiger partial charge in [0.15, 0.2) is 0 Å². The van der Waals surface area contributed by atoms with Crippen LogP contribution in [0.4, 0.5) is 4.79 Å². The van der Waals surface area contributed by atoms with Gasteiger partial charge in [-0.3, -0.25) is 0 Å².